The first kappa shape index (κ1) is 17.1. The van der Waals surface area contributed by atoms with Crippen LogP contribution in [0, 0.1) is 0 Å². The van der Waals surface area contributed by atoms with Crippen molar-refractivity contribution in [2.45, 2.75) is 18.9 Å². The number of imidazole rings is 1. The Kier molecular flexibility index (Phi) is 6.11. The normalized spacial score (nSPS) is 11.0. The predicted octanol–water partition coefficient (Wildman–Crippen LogP) is 4.01. The molecule has 0 aliphatic rings. The molecule has 2 heterocycles. The molecule has 0 spiro atoms. The summed E-state index contributed by atoms with van der Waals surface area (Å²) < 4.78 is 12.4. The van der Waals surface area contributed by atoms with Crippen LogP contribution in [0.3, 0.4) is 0 Å². The Morgan fingerprint density at radius 2 is 2.12 bits per heavy atom. The SMILES string of the molecule is O=C(/C=C/SCc1ccco1)OCc1nccn1Cc1ccccc1. The number of esters is 1. The summed E-state index contributed by atoms with van der Waals surface area (Å²) in [6.45, 7) is 0.842. The van der Waals surface area contributed by atoms with Crippen molar-refractivity contribution in [1.82, 2.24) is 9.55 Å². The van der Waals surface area contributed by atoms with Gasteiger partial charge in [-0.3, -0.25) is 0 Å². The minimum atomic E-state index is -0.388. The van der Waals surface area contributed by atoms with E-state index in [0.29, 0.717) is 18.1 Å². The number of hydrogen-bond acceptors (Lipinski definition) is 5. The van der Waals surface area contributed by atoms with Gasteiger partial charge in [0.05, 0.1) is 12.0 Å². The van der Waals surface area contributed by atoms with Crippen molar-refractivity contribution >= 4 is 17.7 Å². The van der Waals surface area contributed by atoms with E-state index in [2.05, 4.69) is 17.1 Å². The van der Waals surface area contributed by atoms with E-state index < -0.39 is 0 Å². The molecule has 128 valence electrons. The fraction of sp³-hybridized carbons (Fsp3) is 0.158. The van der Waals surface area contributed by atoms with Gasteiger partial charge in [-0.1, -0.05) is 30.3 Å². The van der Waals surface area contributed by atoms with E-state index in [1.54, 1.807) is 17.9 Å². The molecule has 3 rings (SSSR count). The van der Waals surface area contributed by atoms with Crippen LogP contribution in [0.15, 0.2) is 77.0 Å². The van der Waals surface area contributed by atoms with Crippen LogP contribution in [-0.4, -0.2) is 15.5 Å². The van der Waals surface area contributed by atoms with Crippen LogP contribution >= 0.6 is 11.8 Å². The summed E-state index contributed by atoms with van der Waals surface area (Å²) >= 11 is 1.47. The molecule has 0 N–H and O–H groups in total. The van der Waals surface area contributed by atoms with Gasteiger partial charge in [-0.05, 0) is 23.1 Å². The second-order valence-electron chi connectivity index (χ2n) is 5.26. The molecule has 0 atom stereocenters. The molecule has 0 bridgehead atoms. The highest BCUT2D eigenvalue weighted by molar-refractivity contribution is 8.01. The highest BCUT2D eigenvalue weighted by Crippen LogP contribution is 2.13. The zero-order valence-electron chi connectivity index (χ0n) is 13.6. The summed E-state index contributed by atoms with van der Waals surface area (Å²) in [6.07, 6.45) is 6.63. The molecule has 0 saturated carbocycles. The number of carbonyl (C=O) groups is 1. The average Bonchev–Trinajstić information content (AvgIpc) is 3.30. The molecule has 0 saturated heterocycles. The standard InChI is InChI=1S/C19H18N2O3S/c22-19(8-12-25-15-17-7-4-11-23-17)24-14-18-20-9-10-21(18)13-16-5-2-1-3-6-16/h1-12H,13-15H2/b12-8+. The van der Waals surface area contributed by atoms with Crippen molar-refractivity contribution in [2.75, 3.05) is 0 Å². The molecule has 2 aromatic heterocycles. The van der Waals surface area contributed by atoms with E-state index in [4.69, 9.17) is 9.15 Å². The van der Waals surface area contributed by atoms with Crippen molar-refractivity contribution < 1.29 is 13.9 Å². The van der Waals surface area contributed by atoms with Gasteiger partial charge in [0.25, 0.3) is 0 Å². The zero-order chi connectivity index (χ0) is 17.3. The van der Waals surface area contributed by atoms with E-state index in [0.717, 1.165) is 5.76 Å². The summed E-state index contributed by atoms with van der Waals surface area (Å²) in [5.74, 6) is 1.87. The van der Waals surface area contributed by atoms with Crippen molar-refractivity contribution in [3.63, 3.8) is 0 Å². The number of aromatic nitrogens is 2. The Morgan fingerprint density at radius 1 is 1.24 bits per heavy atom. The highest BCUT2D eigenvalue weighted by Gasteiger charge is 2.06. The van der Waals surface area contributed by atoms with Gasteiger partial charge in [-0.25, -0.2) is 9.78 Å². The minimum Gasteiger partial charge on any atom is -0.468 e. The summed E-state index contributed by atoms with van der Waals surface area (Å²) in [4.78, 5) is 16.0. The van der Waals surface area contributed by atoms with E-state index in [1.807, 2.05) is 41.1 Å². The second kappa shape index (κ2) is 8.94. The van der Waals surface area contributed by atoms with Gasteiger partial charge in [-0.15, -0.1) is 11.8 Å². The first-order valence-electron chi connectivity index (χ1n) is 7.82. The Balaban J connectivity index is 1.45. The van der Waals surface area contributed by atoms with Gasteiger partial charge in [0, 0.05) is 25.0 Å². The maximum Gasteiger partial charge on any atom is 0.331 e. The van der Waals surface area contributed by atoms with E-state index >= 15 is 0 Å². The number of furan rings is 1. The van der Waals surface area contributed by atoms with Gasteiger partial charge >= 0.3 is 5.97 Å². The zero-order valence-corrected chi connectivity index (χ0v) is 14.4. The molecule has 0 aliphatic carbocycles. The Morgan fingerprint density at radius 3 is 2.92 bits per heavy atom. The van der Waals surface area contributed by atoms with Crippen molar-refractivity contribution in [3.8, 4) is 0 Å². The number of benzene rings is 1. The molecular formula is C19H18N2O3S. The number of thioether (sulfide) groups is 1. The molecule has 0 unspecified atom stereocenters. The van der Waals surface area contributed by atoms with Crippen LogP contribution in [-0.2, 0) is 28.4 Å². The molecular weight excluding hydrogens is 336 g/mol. The van der Waals surface area contributed by atoms with Crippen LogP contribution in [0.1, 0.15) is 17.1 Å². The fourth-order valence-corrected chi connectivity index (χ4v) is 2.85. The highest BCUT2D eigenvalue weighted by atomic mass is 32.2. The second-order valence-corrected chi connectivity index (χ2v) is 6.15. The maximum atomic E-state index is 11.8. The molecule has 0 fully saturated rings. The minimum absolute atomic E-state index is 0.145. The fourth-order valence-electron chi connectivity index (χ4n) is 2.22. The monoisotopic (exact) mass is 354 g/mol. The van der Waals surface area contributed by atoms with E-state index in [-0.39, 0.29) is 12.6 Å². The molecule has 1 aromatic carbocycles. The predicted molar refractivity (Wildman–Crippen MR) is 96.7 cm³/mol. The molecule has 3 aromatic rings. The van der Waals surface area contributed by atoms with Crippen molar-refractivity contribution in [3.05, 3.63) is 89.8 Å². The van der Waals surface area contributed by atoms with E-state index in [9.17, 15) is 4.79 Å². The van der Waals surface area contributed by atoms with Crippen molar-refractivity contribution in [1.29, 1.82) is 0 Å². The van der Waals surface area contributed by atoms with Crippen LogP contribution < -0.4 is 0 Å². The Hall–Kier alpha value is -2.73. The lowest BCUT2D eigenvalue weighted by Crippen LogP contribution is -2.08. The Bertz CT molecular complexity index is 810. The van der Waals surface area contributed by atoms with Crippen molar-refractivity contribution in [2.24, 2.45) is 0 Å². The molecule has 25 heavy (non-hydrogen) atoms. The largest absolute Gasteiger partial charge is 0.468 e. The number of nitrogens with zero attached hydrogens (tertiary/aromatic N) is 2. The maximum absolute atomic E-state index is 11.8. The molecule has 0 amide bonds. The lowest BCUT2D eigenvalue weighted by atomic mass is 10.2. The lowest BCUT2D eigenvalue weighted by Gasteiger charge is -2.08. The molecule has 0 aliphatic heterocycles. The van der Waals surface area contributed by atoms with Gasteiger partial charge < -0.3 is 13.7 Å². The molecule has 0 radical (unpaired) electrons. The van der Waals surface area contributed by atoms with E-state index in [1.165, 1.54) is 23.4 Å². The van der Waals surface area contributed by atoms with Crippen LogP contribution in [0.2, 0.25) is 0 Å². The summed E-state index contributed by atoms with van der Waals surface area (Å²) in [5, 5.41) is 1.71. The topological polar surface area (TPSA) is 57.3 Å². The third kappa shape index (κ3) is 5.39. The first-order chi connectivity index (χ1) is 12.3. The van der Waals surface area contributed by atoms with Gasteiger partial charge in [0.2, 0.25) is 0 Å². The number of ether oxygens (including phenoxy) is 1. The Labute approximate surface area is 150 Å². The summed E-state index contributed by atoms with van der Waals surface area (Å²) in [6, 6.07) is 13.8. The van der Waals surface area contributed by atoms with Gasteiger partial charge in [0.15, 0.2) is 0 Å². The van der Waals surface area contributed by atoms with Gasteiger partial charge in [-0.2, -0.15) is 0 Å². The number of rotatable bonds is 8. The third-order valence-corrected chi connectivity index (χ3v) is 4.23. The lowest BCUT2D eigenvalue weighted by molar-refractivity contribution is -0.139. The number of carbonyl (C=O) groups excluding carboxylic acids is 1. The van der Waals surface area contributed by atoms with Crippen LogP contribution in [0.25, 0.3) is 0 Å². The number of hydrogen-bond donors (Lipinski definition) is 0. The smallest absolute Gasteiger partial charge is 0.331 e. The van der Waals surface area contributed by atoms with Crippen LogP contribution in [0.5, 0.6) is 0 Å². The van der Waals surface area contributed by atoms with Crippen LogP contribution in [0.4, 0.5) is 0 Å². The average molecular weight is 354 g/mol. The first-order valence-corrected chi connectivity index (χ1v) is 8.87. The summed E-state index contributed by atoms with van der Waals surface area (Å²) in [7, 11) is 0. The molecule has 5 nitrogen and oxygen atoms in total. The van der Waals surface area contributed by atoms with Gasteiger partial charge in [0.1, 0.15) is 18.2 Å². The summed E-state index contributed by atoms with van der Waals surface area (Å²) in [5.41, 5.74) is 1.17. The third-order valence-electron chi connectivity index (χ3n) is 3.45. The quantitative estimate of drug-likeness (QED) is 0.452. The molecule has 6 heteroatoms.